The lowest BCUT2D eigenvalue weighted by molar-refractivity contribution is 0.0955. The fraction of sp³-hybridized carbons (Fsp3) is 0.0455. The van der Waals surface area contributed by atoms with E-state index in [0.717, 1.165) is 17.1 Å². The van der Waals surface area contributed by atoms with E-state index in [0.29, 0.717) is 21.3 Å². The standard InChI is InChI=1S/C22H15Cl2FN4O2S/c23-14-8-15(26)10-16(9-14)31-20-17(24)7-6-13(18(20)25)11-27-22(30)21-19(28-29-32-21)12-4-2-1-3-5-12/h1-10H,11,26H2,(H,27,30). The first kappa shape index (κ1) is 22.0. The normalized spacial score (nSPS) is 10.7. The van der Waals surface area contributed by atoms with Gasteiger partial charge in [-0.15, -0.1) is 5.10 Å². The van der Waals surface area contributed by atoms with E-state index in [1.165, 1.54) is 30.3 Å². The molecule has 0 aliphatic heterocycles. The van der Waals surface area contributed by atoms with Gasteiger partial charge in [0.2, 0.25) is 0 Å². The van der Waals surface area contributed by atoms with E-state index < -0.39 is 11.7 Å². The van der Waals surface area contributed by atoms with Crippen LogP contribution in [0.3, 0.4) is 0 Å². The van der Waals surface area contributed by atoms with Crippen LogP contribution in [0.2, 0.25) is 10.0 Å². The number of amides is 1. The van der Waals surface area contributed by atoms with Crippen molar-refractivity contribution in [3.63, 3.8) is 0 Å². The zero-order chi connectivity index (χ0) is 22.7. The molecule has 3 N–H and O–H groups in total. The fourth-order valence-electron chi connectivity index (χ4n) is 2.94. The number of carbonyl (C=O) groups excluding carboxylic acids is 1. The van der Waals surface area contributed by atoms with E-state index in [9.17, 15) is 4.79 Å². The topological polar surface area (TPSA) is 90.1 Å². The lowest BCUT2D eigenvalue weighted by atomic mass is 10.1. The number of hydrogen-bond donors (Lipinski definition) is 2. The van der Waals surface area contributed by atoms with Crippen molar-refractivity contribution in [2.24, 2.45) is 0 Å². The number of halogens is 3. The van der Waals surface area contributed by atoms with Crippen molar-refractivity contribution in [3.8, 4) is 22.8 Å². The summed E-state index contributed by atoms with van der Waals surface area (Å²) in [6, 6.07) is 16.7. The van der Waals surface area contributed by atoms with Crippen LogP contribution in [-0.2, 0) is 6.54 Å². The van der Waals surface area contributed by atoms with Crippen LogP contribution in [0.5, 0.6) is 11.5 Å². The van der Waals surface area contributed by atoms with Crippen LogP contribution in [0.4, 0.5) is 10.1 Å². The summed E-state index contributed by atoms with van der Waals surface area (Å²) in [5.74, 6) is -1.08. The maximum Gasteiger partial charge on any atom is 0.265 e. The molecule has 1 amide bonds. The predicted octanol–water partition coefficient (Wildman–Crippen LogP) is 5.96. The van der Waals surface area contributed by atoms with Crippen molar-refractivity contribution in [3.05, 3.63) is 87.0 Å². The van der Waals surface area contributed by atoms with E-state index >= 15 is 4.39 Å². The second kappa shape index (κ2) is 9.52. The molecule has 0 aliphatic carbocycles. The Morgan fingerprint density at radius 3 is 2.66 bits per heavy atom. The molecule has 0 unspecified atom stereocenters. The first-order valence-electron chi connectivity index (χ1n) is 9.29. The van der Waals surface area contributed by atoms with Crippen LogP contribution < -0.4 is 15.8 Å². The molecule has 1 aromatic heterocycles. The van der Waals surface area contributed by atoms with Gasteiger partial charge in [-0.05, 0) is 29.7 Å². The predicted molar refractivity (Wildman–Crippen MR) is 124 cm³/mol. The summed E-state index contributed by atoms with van der Waals surface area (Å²) in [6.45, 7) is -0.0952. The lowest BCUT2D eigenvalue weighted by Crippen LogP contribution is -2.23. The molecule has 0 saturated carbocycles. The summed E-state index contributed by atoms with van der Waals surface area (Å²) in [7, 11) is 0. The number of benzene rings is 3. The second-order valence-electron chi connectivity index (χ2n) is 6.67. The molecule has 1 heterocycles. The highest BCUT2D eigenvalue weighted by molar-refractivity contribution is 7.08. The third-order valence-corrected chi connectivity index (χ3v) is 5.66. The number of nitrogen functional groups attached to an aromatic ring is 1. The Morgan fingerprint density at radius 2 is 1.91 bits per heavy atom. The number of hydrogen-bond acceptors (Lipinski definition) is 6. The van der Waals surface area contributed by atoms with E-state index in [2.05, 4.69) is 14.9 Å². The molecule has 0 saturated heterocycles. The molecular weight excluding hydrogens is 474 g/mol. The molecule has 6 nitrogen and oxygen atoms in total. The first-order valence-corrected chi connectivity index (χ1v) is 10.8. The van der Waals surface area contributed by atoms with Gasteiger partial charge in [-0.2, -0.15) is 0 Å². The number of nitrogens with two attached hydrogens (primary N) is 1. The van der Waals surface area contributed by atoms with Gasteiger partial charge in [-0.3, -0.25) is 4.79 Å². The number of anilines is 1. The molecule has 0 aliphatic rings. The van der Waals surface area contributed by atoms with Crippen LogP contribution in [0.25, 0.3) is 11.3 Å². The summed E-state index contributed by atoms with van der Waals surface area (Å²) in [6.07, 6.45) is 0. The van der Waals surface area contributed by atoms with Crippen molar-refractivity contribution in [2.45, 2.75) is 6.54 Å². The highest BCUT2D eigenvalue weighted by atomic mass is 35.5. The molecule has 4 aromatic rings. The van der Waals surface area contributed by atoms with E-state index in [1.807, 2.05) is 30.3 Å². The second-order valence-corrected chi connectivity index (χ2v) is 8.27. The molecule has 0 atom stereocenters. The Labute approximate surface area is 196 Å². The van der Waals surface area contributed by atoms with Gasteiger partial charge >= 0.3 is 0 Å². The van der Waals surface area contributed by atoms with E-state index in [4.69, 9.17) is 33.7 Å². The van der Waals surface area contributed by atoms with Crippen LogP contribution in [0, 0.1) is 5.82 Å². The Kier molecular flexibility index (Phi) is 6.55. The molecule has 162 valence electrons. The largest absolute Gasteiger partial charge is 0.453 e. The van der Waals surface area contributed by atoms with Crippen molar-refractivity contribution in [2.75, 3.05) is 5.73 Å². The number of ether oxygens (including phenoxy) is 1. The molecular formula is C22H15Cl2FN4O2S. The summed E-state index contributed by atoms with van der Waals surface area (Å²) in [5, 5.41) is 7.14. The zero-order valence-electron chi connectivity index (χ0n) is 16.3. The Hall–Kier alpha value is -3.20. The first-order chi connectivity index (χ1) is 15.4. The number of aromatic nitrogens is 2. The molecule has 10 heteroatoms. The molecule has 0 bridgehead atoms. The molecule has 4 rings (SSSR count). The highest BCUT2D eigenvalue weighted by Crippen LogP contribution is 2.35. The SMILES string of the molecule is Nc1cc(Cl)cc(Oc2c(Cl)ccc(CNC(=O)c3snnc3-c3ccccc3)c2F)c1. The van der Waals surface area contributed by atoms with Crippen molar-refractivity contribution < 1.29 is 13.9 Å². The Balaban J connectivity index is 1.53. The maximum absolute atomic E-state index is 15.1. The average molecular weight is 489 g/mol. The van der Waals surface area contributed by atoms with Crippen LogP contribution >= 0.6 is 34.7 Å². The van der Waals surface area contributed by atoms with Gasteiger partial charge in [0.15, 0.2) is 11.6 Å². The number of rotatable bonds is 6. The lowest BCUT2D eigenvalue weighted by Gasteiger charge is -2.13. The van der Waals surface area contributed by atoms with Gasteiger partial charge < -0.3 is 15.8 Å². The smallest absolute Gasteiger partial charge is 0.265 e. The minimum Gasteiger partial charge on any atom is -0.453 e. The third kappa shape index (κ3) is 4.83. The van der Waals surface area contributed by atoms with Gasteiger partial charge in [-0.1, -0.05) is 64.1 Å². The van der Waals surface area contributed by atoms with Crippen molar-refractivity contribution >= 4 is 46.3 Å². The third-order valence-electron chi connectivity index (χ3n) is 4.42. The minimum atomic E-state index is -0.706. The maximum atomic E-state index is 15.1. The van der Waals surface area contributed by atoms with Gasteiger partial charge in [0.1, 0.15) is 16.3 Å². The molecule has 0 radical (unpaired) electrons. The number of nitrogens with one attached hydrogen (secondary N) is 1. The summed E-state index contributed by atoms with van der Waals surface area (Å²) in [4.78, 5) is 13.0. The monoisotopic (exact) mass is 488 g/mol. The highest BCUT2D eigenvalue weighted by Gasteiger charge is 2.20. The average Bonchev–Trinajstić information content (AvgIpc) is 3.26. The van der Waals surface area contributed by atoms with Gasteiger partial charge in [-0.25, -0.2) is 4.39 Å². The van der Waals surface area contributed by atoms with Crippen molar-refractivity contribution in [1.29, 1.82) is 0 Å². The number of nitrogens with zero attached hydrogens (tertiary/aromatic N) is 2. The molecule has 0 fully saturated rings. The van der Waals surface area contributed by atoms with Gasteiger partial charge in [0, 0.05) is 34.4 Å². The molecule has 32 heavy (non-hydrogen) atoms. The van der Waals surface area contributed by atoms with Gasteiger partial charge in [0.25, 0.3) is 5.91 Å². The quantitative estimate of drug-likeness (QED) is 0.327. The summed E-state index contributed by atoms with van der Waals surface area (Å²) >= 11 is 13.1. The molecule has 0 spiro atoms. The Bertz CT molecular complexity index is 1260. The van der Waals surface area contributed by atoms with Crippen LogP contribution in [0.15, 0.2) is 60.7 Å². The van der Waals surface area contributed by atoms with E-state index in [1.54, 1.807) is 0 Å². The van der Waals surface area contributed by atoms with Crippen molar-refractivity contribution in [1.82, 2.24) is 14.9 Å². The van der Waals surface area contributed by atoms with E-state index in [-0.39, 0.29) is 28.6 Å². The van der Waals surface area contributed by atoms with Gasteiger partial charge in [0.05, 0.1) is 5.02 Å². The van der Waals surface area contributed by atoms with Crippen LogP contribution in [-0.4, -0.2) is 15.5 Å². The Morgan fingerprint density at radius 1 is 1.12 bits per heavy atom. The zero-order valence-corrected chi connectivity index (χ0v) is 18.6. The van der Waals surface area contributed by atoms with Crippen LogP contribution in [0.1, 0.15) is 15.2 Å². The number of carbonyl (C=O) groups is 1. The molecule has 3 aromatic carbocycles. The summed E-state index contributed by atoms with van der Waals surface area (Å²) in [5.41, 5.74) is 7.53. The summed E-state index contributed by atoms with van der Waals surface area (Å²) < 4.78 is 24.6. The fourth-order valence-corrected chi connectivity index (χ4v) is 3.97. The minimum absolute atomic E-state index is 0.0640.